The lowest BCUT2D eigenvalue weighted by molar-refractivity contribution is -0.130. The van der Waals surface area contributed by atoms with E-state index in [1.54, 1.807) is 0 Å². The monoisotopic (exact) mass is 260 g/mol. The lowest BCUT2D eigenvalue weighted by Gasteiger charge is -2.10. The van der Waals surface area contributed by atoms with E-state index in [0.717, 1.165) is 16.5 Å². The zero-order valence-electron chi connectivity index (χ0n) is 10.3. The number of amides is 2. The van der Waals surface area contributed by atoms with Crippen LogP contribution < -0.4 is 16.8 Å². The van der Waals surface area contributed by atoms with E-state index in [-0.39, 0.29) is 6.54 Å². The molecule has 0 saturated carbocycles. The average Bonchev–Trinajstić information content (AvgIpc) is 2.82. The van der Waals surface area contributed by atoms with E-state index in [0.29, 0.717) is 6.42 Å². The number of carbonyl (C=O) groups excluding carboxylic acids is 2. The first-order valence-electron chi connectivity index (χ1n) is 5.96. The lowest BCUT2D eigenvalue weighted by Crippen LogP contribution is -2.46. The van der Waals surface area contributed by atoms with Crippen molar-refractivity contribution in [2.75, 3.05) is 6.54 Å². The van der Waals surface area contributed by atoms with Crippen molar-refractivity contribution < 1.29 is 9.59 Å². The van der Waals surface area contributed by atoms with Crippen LogP contribution in [0.25, 0.3) is 10.9 Å². The number of hydrogen-bond donors (Lipinski definition) is 4. The van der Waals surface area contributed by atoms with Gasteiger partial charge in [0.25, 0.3) is 0 Å². The lowest BCUT2D eigenvalue weighted by atomic mass is 10.1. The van der Waals surface area contributed by atoms with Gasteiger partial charge in [0.2, 0.25) is 11.8 Å². The largest absolute Gasteiger partial charge is 0.361 e. The van der Waals surface area contributed by atoms with E-state index in [1.807, 2.05) is 30.5 Å². The number of para-hydroxylation sites is 1. The second-order valence-electron chi connectivity index (χ2n) is 4.29. The molecule has 0 aliphatic heterocycles. The summed E-state index contributed by atoms with van der Waals surface area (Å²) in [6.45, 7) is -0.231. The maximum atomic E-state index is 11.7. The van der Waals surface area contributed by atoms with Crippen molar-refractivity contribution in [2.45, 2.75) is 12.5 Å². The first-order chi connectivity index (χ1) is 9.11. The van der Waals surface area contributed by atoms with Gasteiger partial charge in [-0.1, -0.05) is 18.2 Å². The summed E-state index contributed by atoms with van der Waals surface area (Å²) in [5.74, 6) is -1.04. The number of fused-ring (bicyclic) bond motifs is 1. The molecule has 2 aromatic rings. The van der Waals surface area contributed by atoms with Crippen LogP contribution >= 0.6 is 0 Å². The van der Waals surface area contributed by atoms with Crippen molar-refractivity contribution in [1.29, 1.82) is 0 Å². The molecule has 0 spiro atoms. The molecule has 2 amide bonds. The summed E-state index contributed by atoms with van der Waals surface area (Å²) in [5, 5.41) is 3.18. The van der Waals surface area contributed by atoms with Crippen molar-refractivity contribution in [2.24, 2.45) is 11.5 Å². The Kier molecular flexibility index (Phi) is 3.94. The maximum Gasteiger partial charge on any atom is 0.243 e. The molecule has 0 radical (unpaired) electrons. The van der Waals surface area contributed by atoms with Crippen molar-refractivity contribution in [1.82, 2.24) is 10.3 Å². The second-order valence-corrected chi connectivity index (χ2v) is 4.29. The van der Waals surface area contributed by atoms with Crippen LogP contribution in [0.1, 0.15) is 5.56 Å². The second kappa shape index (κ2) is 5.64. The number of aromatic nitrogens is 1. The van der Waals surface area contributed by atoms with Crippen LogP contribution in [-0.2, 0) is 16.0 Å². The van der Waals surface area contributed by atoms with Gasteiger partial charge in [-0.2, -0.15) is 0 Å². The molecule has 0 bridgehead atoms. The molecule has 0 fully saturated rings. The molecule has 1 aromatic heterocycles. The van der Waals surface area contributed by atoms with Gasteiger partial charge >= 0.3 is 0 Å². The Labute approximate surface area is 110 Å². The van der Waals surface area contributed by atoms with Crippen molar-refractivity contribution in [3.05, 3.63) is 36.0 Å². The molecule has 0 aliphatic carbocycles. The van der Waals surface area contributed by atoms with Crippen LogP contribution in [0.15, 0.2) is 30.5 Å². The summed E-state index contributed by atoms with van der Waals surface area (Å²) in [6, 6.07) is 6.96. The number of benzene rings is 1. The van der Waals surface area contributed by atoms with E-state index >= 15 is 0 Å². The molecule has 6 nitrogen and oxygen atoms in total. The predicted octanol–water partition coefficient (Wildman–Crippen LogP) is -0.361. The van der Waals surface area contributed by atoms with Gasteiger partial charge in [0.05, 0.1) is 12.6 Å². The fourth-order valence-corrected chi connectivity index (χ4v) is 1.91. The fraction of sp³-hybridized carbons (Fsp3) is 0.231. The third-order valence-electron chi connectivity index (χ3n) is 2.90. The van der Waals surface area contributed by atoms with Gasteiger partial charge in [-0.25, -0.2) is 0 Å². The molecule has 1 aromatic carbocycles. The number of nitrogens with two attached hydrogens (primary N) is 2. The van der Waals surface area contributed by atoms with Crippen LogP contribution in [0.4, 0.5) is 0 Å². The fourth-order valence-electron chi connectivity index (χ4n) is 1.91. The molecule has 0 unspecified atom stereocenters. The Hall–Kier alpha value is -2.18. The Balaban J connectivity index is 2.08. The minimum Gasteiger partial charge on any atom is -0.361 e. The minimum absolute atomic E-state index is 0.231. The van der Waals surface area contributed by atoms with Crippen LogP contribution in [0.2, 0.25) is 0 Å². The highest BCUT2D eigenvalue weighted by atomic mass is 16.2. The zero-order chi connectivity index (χ0) is 13.8. The molecular weight excluding hydrogens is 244 g/mol. The topological polar surface area (TPSA) is 114 Å². The number of hydrogen-bond acceptors (Lipinski definition) is 4. The Morgan fingerprint density at radius 1 is 1.32 bits per heavy atom. The third-order valence-corrected chi connectivity index (χ3v) is 2.90. The quantitative estimate of drug-likeness (QED) is 0.601. The Morgan fingerprint density at radius 3 is 2.79 bits per heavy atom. The number of nitrogens with one attached hydrogen (secondary N) is 2. The highest BCUT2D eigenvalue weighted by Gasteiger charge is 2.17. The summed E-state index contributed by atoms with van der Waals surface area (Å²) in [7, 11) is 0. The van der Waals surface area contributed by atoms with E-state index < -0.39 is 17.9 Å². The smallest absolute Gasteiger partial charge is 0.243 e. The Bertz CT molecular complexity index is 605. The predicted molar refractivity (Wildman–Crippen MR) is 72.2 cm³/mol. The number of carbonyl (C=O) groups is 2. The standard InChI is InChI=1S/C13H16N4O2/c14-6-12(18)17-13(19)10(15)5-8-7-16-11-4-2-1-3-9(8)11/h1-4,7,10,16H,5-6,14-15H2,(H,17,18,19)/t10-/m0/s1. The molecule has 2 rings (SSSR count). The van der Waals surface area contributed by atoms with E-state index in [1.165, 1.54) is 0 Å². The normalized spacial score (nSPS) is 12.3. The summed E-state index contributed by atoms with van der Waals surface area (Å²) >= 11 is 0. The van der Waals surface area contributed by atoms with E-state index in [9.17, 15) is 9.59 Å². The SMILES string of the molecule is NCC(=O)NC(=O)[C@@H](N)Cc1c[nH]c2ccccc12. The van der Waals surface area contributed by atoms with Crippen molar-refractivity contribution in [3.8, 4) is 0 Å². The van der Waals surface area contributed by atoms with Gasteiger partial charge < -0.3 is 16.5 Å². The van der Waals surface area contributed by atoms with Crippen LogP contribution in [0, 0.1) is 0 Å². The molecule has 1 heterocycles. The molecule has 0 aliphatic rings. The zero-order valence-corrected chi connectivity index (χ0v) is 10.3. The number of aromatic amines is 1. The summed E-state index contributed by atoms with van der Waals surface area (Å²) in [5.41, 5.74) is 12.8. The average molecular weight is 260 g/mol. The van der Waals surface area contributed by atoms with E-state index in [4.69, 9.17) is 11.5 Å². The van der Waals surface area contributed by atoms with E-state index in [2.05, 4.69) is 10.3 Å². The van der Waals surface area contributed by atoms with Gasteiger partial charge in [-0.3, -0.25) is 14.9 Å². The molecular formula is C13H16N4O2. The van der Waals surface area contributed by atoms with Gasteiger partial charge in [-0.15, -0.1) is 0 Å². The number of rotatable bonds is 4. The summed E-state index contributed by atoms with van der Waals surface area (Å²) in [6.07, 6.45) is 2.18. The van der Waals surface area contributed by atoms with Gasteiger partial charge in [0.1, 0.15) is 0 Å². The summed E-state index contributed by atoms with van der Waals surface area (Å²) in [4.78, 5) is 25.8. The highest BCUT2D eigenvalue weighted by Crippen LogP contribution is 2.18. The minimum atomic E-state index is -0.783. The number of H-pyrrole nitrogens is 1. The maximum absolute atomic E-state index is 11.7. The van der Waals surface area contributed by atoms with Crippen LogP contribution in [-0.4, -0.2) is 29.4 Å². The summed E-state index contributed by atoms with van der Waals surface area (Å²) < 4.78 is 0. The molecule has 6 N–H and O–H groups in total. The molecule has 1 atom stereocenters. The Morgan fingerprint density at radius 2 is 2.05 bits per heavy atom. The van der Waals surface area contributed by atoms with Gasteiger partial charge in [0.15, 0.2) is 0 Å². The molecule has 19 heavy (non-hydrogen) atoms. The first-order valence-corrected chi connectivity index (χ1v) is 5.96. The molecule has 6 heteroatoms. The third kappa shape index (κ3) is 2.98. The molecule has 0 saturated heterocycles. The van der Waals surface area contributed by atoms with Gasteiger partial charge in [-0.05, 0) is 18.1 Å². The van der Waals surface area contributed by atoms with Crippen molar-refractivity contribution >= 4 is 22.7 Å². The first kappa shape index (κ1) is 13.3. The van der Waals surface area contributed by atoms with Gasteiger partial charge in [0, 0.05) is 17.1 Å². The van der Waals surface area contributed by atoms with Crippen molar-refractivity contribution in [3.63, 3.8) is 0 Å². The van der Waals surface area contributed by atoms with Crippen LogP contribution in [0.5, 0.6) is 0 Å². The number of imide groups is 1. The highest BCUT2D eigenvalue weighted by molar-refractivity contribution is 5.98. The molecule has 100 valence electrons. The van der Waals surface area contributed by atoms with Crippen LogP contribution in [0.3, 0.4) is 0 Å².